The molecule has 2 aliphatic heterocycles. The lowest BCUT2D eigenvalue weighted by molar-refractivity contribution is -0.131. The number of fused-ring (bicyclic) bond motifs is 2. The molecule has 1 fully saturated rings. The van der Waals surface area contributed by atoms with Crippen LogP contribution in [0.25, 0.3) is 0 Å². The molecule has 1 saturated heterocycles. The Morgan fingerprint density at radius 1 is 1.40 bits per heavy atom. The number of rotatable bonds is 2. The Morgan fingerprint density at radius 2 is 2.15 bits per heavy atom. The summed E-state index contributed by atoms with van der Waals surface area (Å²) < 4.78 is 0. The number of hydrogen-bond donors (Lipinski definition) is 1. The predicted octanol–water partition coefficient (Wildman–Crippen LogP) is 2.15. The summed E-state index contributed by atoms with van der Waals surface area (Å²) in [7, 11) is 0. The molecule has 4 nitrogen and oxygen atoms in total. The van der Waals surface area contributed by atoms with Gasteiger partial charge in [0.15, 0.2) is 0 Å². The van der Waals surface area contributed by atoms with E-state index in [0.29, 0.717) is 25.4 Å². The molecule has 1 aromatic rings. The predicted molar refractivity (Wildman–Crippen MR) is 77.4 cm³/mol. The number of nitrogens with one attached hydrogen (secondary N) is 1. The standard InChI is InChI=1S/C16H20N2O2/c1-11(2)9-14(19)18-8-7-16(10-18)12-5-3-4-6-13(12)17-15(16)20/h3-6,11H,7-10H2,1-2H3,(H,17,20). The molecule has 3 rings (SSSR count). The van der Waals surface area contributed by atoms with Crippen LogP contribution in [0.1, 0.15) is 32.3 Å². The average Bonchev–Trinajstić information content (AvgIpc) is 2.95. The zero-order chi connectivity index (χ0) is 14.3. The molecule has 2 aliphatic rings. The van der Waals surface area contributed by atoms with Gasteiger partial charge in [0.2, 0.25) is 11.8 Å². The Labute approximate surface area is 119 Å². The molecule has 4 heteroatoms. The van der Waals surface area contributed by atoms with E-state index in [1.807, 2.05) is 43.0 Å². The number of hydrogen-bond acceptors (Lipinski definition) is 2. The molecule has 106 valence electrons. The Kier molecular flexibility index (Phi) is 3.04. The second kappa shape index (κ2) is 4.62. The summed E-state index contributed by atoms with van der Waals surface area (Å²) >= 11 is 0. The zero-order valence-corrected chi connectivity index (χ0v) is 12.0. The molecule has 0 radical (unpaired) electrons. The van der Waals surface area contributed by atoms with E-state index < -0.39 is 5.41 Å². The number of para-hydroxylation sites is 1. The number of carbonyl (C=O) groups excluding carboxylic acids is 2. The van der Waals surface area contributed by atoms with Crippen LogP contribution in [-0.4, -0.2) is 29.8 Å². The first-order chi connectivity index (χ1) is 9.53. The van der Waals surface area contributed by atoms with Crippen molar-refractivity contribution >= 4 is 17.5 Å². The van der Waals surface area contributed by atoms with Crippen molar-refractivity contribution in [2.45, 2.75) is 32.1 Å². The first kappa shape index (κ1) is 13.2. The highest BCUT2D eigenvalue weighted by Gasteiger charge is 2.51. The fraction of sp³-hybridized carbons (Fsp3) is 0.500. The van der Waals surface area contributed by atoms with Crippen LogP contribution in [0.5, 0.6) is 0 Å². The minimum Gasteiger partial charge on any atom is -0.341 e. The number of likely N-dealkylation sites (tertiary alicyclic amines) is 1. The summed E-state index contributed by atoms with van der Waals surface area (Å²) in [5.41, 5.74) is 1.42. The Bertz CT molecular complexity index is 567. The molecular weight excluding hydrogens is 252 g/mol. The molecule has 0 bridgehead atoms. The second-order valence-corrected chi connectivity index (χ2v) is 6.25. The van der Waals surface area contributed by atoms with Crippen LogP contribution in [0.15, 0.2) is 24.3 Å². The van der Waals surface area contributed by atoms with E-state index in [1.165, 1.54) is 0 Å². The number of nitrogens with zero attached hydrogens (tertiary/aromatic N) is 1. The quantitative estimate of drug-likeness (QED) is 0.897. The maximum atomic E-state index is 12.4. The van der Waals surface area contributed by atoms with Gasteiger partial charge >= 0.3 is 0 Å². The van der Waals surface area contributed by atoms with Crippen molar-refractivity contribution in [2.75, 3.05) is 18.4 Å². The third-order valence-electron chi connectivity index (χ3n) is 4.33. The van der Waals surface area contributed by atoms with Gasteiger partial charge in [-0.2, -0.15) is 0 Å². The summed E-state index contributed by atoms with van der Waals surface area (Å²) in [6.07, 6.45) is 1.28. The summed E-state index contributed by atoms with van der Waals surface area (Å²) in [6, 6.07) is 7.82. The summed E-state index contributed by atoms with van der Waals surface area (Å²) in [5, 5.41) is 2.95. The van der Waals surface area contributed by atoms with Crippen LogP contribution >= 0.6 is 0 Å². The molecule has 2 amide bonds. The van der Waals surface area contributed by atoms with Gasteiger partial charge < -0.3 is 10.2 Å². The van der Waals surface area contributed by atoms with E-state index in [-0.39, 0.29) is 11.8 Å². The zero-order valence-electron chi connectivity index (χ0n) is 12.0. The summed E-state index contributed by atoms with van der Waals surface area (Å²) in [5.74, 6) is 0.552. The van der Waals surface area contributed by atoms with Crippen molar-refractivity contribution < 1.29 is 9.59 Å². The first-order valence-corrected chi connectivity index (χ1v) is 7.22. The van der Waals surface area contributed by atoms with Crippen molar-refractivity contribution in [2.24, 2.45) is 5.92 Å². The van der Waals surface area contributed by atoms with Gasteiger partial charge in [0, 0.05) is 25.2 Å². The summed E-state index contributed by atoms with van der Waals surface area (Å²) in [6.45, 7) is 5.28. The third-order valence-corrected chi connectivity index (χ3v) is 4.33. The molecule has 0 aliphatic carbocycles. The summed E-state index contributed by atoms with van der Waals surface area (Å²) in [4.78, 5) is 26.5. The van der Waals surface area contributed by atoms with Crippen LogP contribution in [0.4, 0.5) is 5.69 Å². The topological polar surface area (TPSA) is 49.4 Å². The Hall–Kier alpha value is -1.84. The smallest absolute Gasteiger partial charge is 0.236 e. The van der Waals surface area contributed by atoms with Gasteiger partial charge in [-0.25, -0.2) is 0 Å². The van der Waals surface area contributed by atoms with Crippen molar-refractivity contribution in [3.8, 4) is 0 Å². The van der Waals surface area contributed by atoms with Gasteiger partial charge in [-0.15, -0.1) is 0 Å². The molecule has 1 unspecified atom stereocenters. The number of anilines is 1. The van der Waals surface area contributed by atoms with Gasteiger partial charge in [-0.05, 0) is 24.0 Å². The van der Waals surface area contributed by atoms with Crippen molar-refractivity contribution in [1.29, 1.82) is 0 Å². The molecule has 2 heterocycles. The fourth-order valence-corrected chi connectivity index (χ4v) is 3.28. The highest BCUT2D eigenvalue weighted by molar-refractivity contribution is 6.07. The van der Waals surface area contributed by atoms with Crippen molar-refractivity contribution in [1.82, 2.24) is 4.90 Å². The van der Waals surface area contributed by atoms with Gasteiger partial charge in [0.25, 0.3) is 0 Å². The Morgan fingerprint density at radius 3 is 2.90 bits per heavy atom. The highest BCUT2D eigenvalue weighted by atomic mass is 16.2. The number of benzene rings is 1. The van der Waals surface area contributed by atoms with Crippen molar-refractivity contribution in [3.63, 3.8) is 0 Å². The fourth-order valence-electron chi connectivity index (χ4n) is 3.28. The minimum atomic E-state index is -0.525. The number of amides is 2. The van der Waals surface area contributed by atoms with Crippen LogP contribution in [0.2, 0.25) is 0 Å². The normalized spacial score (nSPS) is 24.4. The molecule has 20 heavy (non-hydrogen) atoms. The monoisotopic (exact) mass is 272 g/mol. The van der Waals surface area contributed by atoms with Crippen LogP contribution < -0.4 is 5.32 Å². The maximum absolute atomic E-state index is 12.4. The molecular formula is C16H20N2O2. The molecule has 1 aromatic carbocycles. The molecule has 0 saturated carbocycles. The highest BCUT2D eigenvalue weighted by Crippen LogP contribution is 2.44. The minimum absolute atomic E-state index is 0.0403. The third kappa shape index (κ3) is 1.90. The van der Waals surface area contributed by atoms with E-state index in [9.17, 15) is 9.59 Å². The van der Waals surface area contributed by atoms with Crippen LogP contribution in [-0.2, 0) is 15.0 Å². The van der Waals surface area contributed by atoms with Crippen LogP contribution in [0.3, 0.4) is 0 Å². The van der Waals surface area contributed by atoms with E-state index in [4.69, 9.17) is 0 Å². The lowest BCUT2D eigenvalue weighted by atomic mass is 9.81. The second-order valence-electron chi connectivity index (χ2n) is 6.25. The van der Waals surface area contributed by atoms with E-state index >= 15 is 0 Å². The lowest BCUT2D eigenvalue weighted by Crippen LogP contribution is -2.39. The average molecular weight is 272 g/mol. The Balaban J connectivity index is 1.86. The lowest BCUT2D eigenvalue weighted by Gasteiger charge is -2.23. The van der Waals surface area contributed by atoms with Gasteiger partial charge in [-0.1, -0.05) is 32.0 Å². The van der Waals surface area contributed by atoms with Gasteiger partial charge in [0.1, 0.15) is 0 Å². The molecule has 1 atom stereocenters. The van der Waals surface area contributed by atoms with Crippen molar-refractivity contribution in [3.05, 3.63) is 29.8 Å². The van der Waals surface area contributed by atoms with E-state index in [2.05, 4.69) is 5.32 Å². The SMILES string of the molecule is CC(C)CC(=O)N1CCC2(C1)C(=O)Nc1ccccc12. The molecule has 1 N–H and O–H groups in total. The number of carbonyl (C=O) groups is 2. The van der Waals surface area contributed by atoms with E-state index in [1.54, 1.807) is 0 Å². The first-order valence-electron chi connectivity index (χ1n) is 7.22. The van der Waals surface area contributed by atoms with Crippen LogP contribution in [0, 0.1) is 5.92 Å². The molecule has 1 spiro atoms. The molecule has 0 aromatic heterocycles. The van der Waals surface area contributed by atoms with Gasteiger partial charge in [-0.3, -0.25) is 9.59 Å². The maximum Gasteiger partial charge on any atom is 0.236 e. The van der Waals surface area contributed by atoms with Gasteiger partial charge in [0.05, 0.1) is 5.41 Å². The van der Waals surface area contributed by atoms with E-state index in [0.717, 1.165) is 17.7 Å². The largest absolute Gasteiger partial charge is 0.341 e.